The minimum atomic E-state index is -5.86. The lowest BCUT2D eigenvalue weighted by molar-refractivity contribution is -0.462. The summed E-state index contributed by atoms with van der Waals surface area (Å²) in [5, 5.41) is 13.2. The molecule has 0 radical (unpaired) electrons. The summed E-state index contributed by atoms with van der Waals surface area (Å²) in [6, 6.07) is 14.0. The van der Waals surface area contributed by atoms with Crippen molar-refractivity contribution in [3.05, 3.63) is 116 Å². The maximum absolute atomic E-state index is 14.3. The summed E-state index contributed by atoms with van der Waals surface area (Å²) in [5.74, 6) is 4.66. The third-order valence-corrected chi connectivity index (χ3v) is 15.3. The molecule has 22 nitrogen and oxygen atoms in total. The number of hydrogen-bond donors (Lipinski definition) is 6. The molecular weight excluding hydrogens is 959 g/mol. The van der Waals surface area contributed by atoms with Crippen LogP contribution >= 0.6 is 23.5 Å². The molecular formula is C44H54N7O15P3. The second-order valence-corrected chi connectivity index (χ2v) is 21.6. The number of allylic oxidation sites excluding steroid dienone is 5. The summed E-state index contributed by atoms with van der Waals surface area (Å²) in [6.45, 7) is 3.64. The van der Waals surface area contributed by atoms with E-state index in [1.165, 1.54) is 6.20 Å². The Balaban J connectivity index is 1.07. The predicted molar refractivity (Wildman–Crippen MR) is 252 cm³/mol. The number of benzene rings is 2. The van der Waals surface area contributed by atoms with Crippen LogP contribution in [0, 0.1) is 11.8 Å². The van der Waals surface area contributed by atoms with E-state index in [9.17, 15) is 47.9 Å². The normalized spacial score (nSPS) is 20.8. The van der Waals surface area contributed by atoms with Gasteiger partial charge < -0.3 is 50.3 Å². The Bertz CT molecular complexity index is 2940. The second-order valence-electron chi connectivity index (χ2n) is 17.2. The molecule has 69 heavy (non-hydrogen) atoms. The van der Waals surface area contributed by atoms with Gasteiger partial charge in [0.1, 0.15) is 32.2 Å². The summed E-state index contributed by atoms with van der Waals surface area (Å²) < 4.78 is 54.7. The fourth-order valence-corrected chi connectivity index (χ4v) is 11.0. The number of aliphatic hydroxyl groups excluding tert-OH is 1. The van der Waals surface area contributed by atoms with Crippen LogP contribution in [-0.2, 0) is 41.8 Å². The van der Waals surface area contributed by atoms with E-state index in [4.69, 9.17) is 15.4 Å². The van der Waals surface area contributed by atoms with Crippen LogP contribution in [-0.4, -0.2) is 123 Å². The van der Waals surface area contributed by atoms with Crippen LogP contribution in [0.15, 0.2) is 82.8 Å². The van der Waals surface area contributed by atoms with Crippen molar-refractivity contribution < 1.29 is 70.4 Å². The molecule has 370 valence electrons. The molecule has 1 fully saturated rings. The highest BCUT2D eigenvalue weighted by molar-refractivity contribution is 7.66. The number of fused-ring (bicyclic) bond motifs is 2. The van der Waals surface area contributed by atoms with Gasteiger partial charge >= 0.3 is 21.3 Å². The number of rotatable bonds is 16. The number of phosphoric ester groups is 1. The highest BCUT2D eigenvalue weighted by Crippen LogP contribution is 2.65. The molecule has 1 aromatic heterocycles. The van der Waals surface area contributed by atoms with Crippen molar-refractivity contribution in [2.45, 2.75) is 57.0 Å². The van der Waals surface area contributed by atoms with Crippen molar-refractivity contribution in [2.24, 2.45) is 0 Å². The topological polar surface area (TPSA) is 309 Å². The summed E-state index contributed by atoms with van der Waals surface area (Å²) in [4.78, 5) is 85.6. The van der Waals surface area contributed by atoms with Crippen LogP contribution < -0.4 is 26.5 Å². The average Bonchev–Trinajstić information content (AvgIpc) is 3.63. The molecule has 0 spiro atoms. The zero-order chi connectivity index (χ0) is 50.8. The van der Waals surface area contributed by atoms with Gasteiger partial charge in [0.15, 0.2) is 5.71 Å². The van der Waals surface area contributed by atoms with E-state index in [1.54, 1.807) is 11.9 Å². The zero-order valence-electron chi connectivity index (χ0n) is 38.8. The molecule has 3 aliphatic rings. The number of anilines is 2. The number of carbonyl (C=O) groups is 2. The first-order chi connectivity index (χ1) is 32.2. The fourth-order valence-electron chi connectivity index (χ4n) is 8.00. The van der Waals surface area contributed by atoms with Crippen LogP contribution in [0.2, 0.25) is 0 Å². The molecule has 25 heteroatoms. The van der Waals surface area contributed by atoms with Gasteiger partial charge in [-0.05, 0) is 64.1 Å². The Morgan fingerprint density at radius 2 is 1.77 bits per heavy atom. The molecule has 6 rings (SSSR count). The molecule has 6 atom stereocenters. The van der Waals surface area contributed by atoms with Gasteiger partial charge in [-0.25, -0.2) is 22.8 Å². The molecule has 3 unspecified atom stereocenters. The number of amides is 2. The number of nitrogens with zero attached hydrogens (tertiary/aromatic N) is 5. The van der Waals surface area contributed by atoms with Gasteiger partial charge in [0.25, 0.3) is 13.7 Å². The Labute approximate surface area is 397 Å². The SMILES string of the molecule is CN(CCCC(=O)NCC#Cc1cn([C@H]2C[C@H](O)[C@@H](COP(=O)(O)OP(=O)(O)OP(=O)([O-])O)O2)c(=O)nc1N)C(=O)c1ccccc1C1=C2C=CC(=[N+](C)C)C=C2C(C)(C)c2cc(N(C)C)ccc21. The molecule has 0 bridgehead atoms. The Morgan fingerprint density at radius 3 is 2.45 bits per heavy atom. The van der Waals surface area contributed by atoms with E-state index >= 15 is 0 Å². The molecule has 2 amide bonds. The number of aliphatic hydroxyl groups is 1. The second kappa shape index (κ2) is 20.9. The summed E-state index contributed by atoms with van der Waals surface area (Å²) in [5.41, 5.74) is 13.5. The van der Waals surface area contributed by atoms with Crippen molar-refractivity contribution in [1.29, 1.82) is 0 Å². The zero-order valence-corrected chi connectivity index (χ0v) is 41.4. The predicted octanol–water partition coefficient (Wildman–Crippen LogP) is 2.57. The van der Waals surface area contributed by atoms with Gasteiger partial charge in [0.2, 0.25) is 5.91 Å². The van der Waals surface area contributed by atoms with Gasteiger partial charge in [-0.1, -0.05) is 50.0 Å². The number of ether oxygens (including phenoxy) is 1. The Kier molecular flexibility index (Phi) is 16.1. The van der Waals surface area contributed by atoms with Gasteiger partial charge in [-0.2, -0.15) is 9.29 Å². The van der Waals surface area contributed by atoms with Gasteiger partial charge in [0, 0.05) is 75.5 Å². The lowest BCUT2D eigenvalue weighted by Gasteiger charge is -2.39. The van der Waals surface area contributed by atoms with Crippen molar-refractivity contribution in [3.8, 4) is 11.8 Å². The number of nitrogens with two attached hydrogens (primary N) is 1. The van der Waals surface area contributed by atoms with Crippen molar-refractivity contribution in [1.82, 2.24) is 19.8 Å². The maximum Gasteiger partial charge on any atom is 0.487 e. The summed E-state index contributed by atoms with van der Waals surface area (Å²) in [6.07, 6.45) is 3.68. The lowest BCUT2D eigenvalue weighted by atomic mass is 9.64. The van der Waals surface area contributed by atoms with Crippen LogP contribution in [0.4, 0.5) is 11.5 Å². The molecule has 3 aromatic rings. The molecule has 1 saturated heterocycles. The first-order valence-corrected chi connectivity index (χ1v) is 25.8. The number of hydrogen-bond acceptors (Lipinski definition) is 15. The number of aromatic nitrogens is 2. The van der Waals surface area contributed by atoms with Crippen LogP contribution in [0.5, 0.6) is 0 Å². The van der Waals surface area contributed by atoms with Crippen molar-refractivity contribution in [2.75, 3.05) is 65.6 Å². The molecule has 2 heterocycles. The summed E-state index contributed by atoms with van der Waals surface area (Å²) >= 11 is 0. The Morgan fingerprint density at radius 1 is 1.06 bits per heavy atom. The fraction of sp³-hybridized carbons (Fsp3) is 0.386. The molecule has 2 aromatic carbocycles. The highest BCUT2D eigenvalue weighted by atomic mass is 31.3. The van der Waals surface area contributed by atoms with Crippen LogP contribution in [0.25, 0.3) is 5.57 Å². The quantitative estimate of drug-likeness (QED) is 0.0682. The third kappa shape index (κ3) is 12.7. The average molecular weight is 1010 g/mol. The van der Waals surface area contributed by atoms with Gasteiger partial charge in [0.05, 0.1) is 24.8 Å². The Hall–Kier alpha value is -5.36. The van der Waals surface area contributed by atoms with Crippen molar-refractivity contribution >= 4 is 58.1 Å². The van der Waals surface area contributed by atoms with E-state index in [2.05, 4.69) is 95.0 Å². The van der Waals surface area contributed by atoms with E-state index < -0.39 is 54.2 Å². The van der Waals surface area contributed by atoms with Crippen molar-refractivity contribution in [3.63, 3.8) is 0 Å². The molecule has 2 aliphatic carbocycles. The van der Waals surface area contributed by atoms with E-state index in [-0.39, 0.29) is 54.5 Å². The molecule has 0 saturated carbocycles. The number of phosphoric acid groups is 3. The number of nitrogen functional groups attached to an aromatic ring is 1. The lowest BCUT2D eigenvalue weighted by Crippen LogP contribution is -2.32. The largest absolute Gasteiger partial charge is 0.756 e. The maximum atomic E-state index is 14.3. The minimum Gasteiger partial charge on any atom is -0.756 e. The van der Waals surface area contributed by atoms with Crippen LogP contribution in [0.1, 0.15) is 71.9 Å². The van der Waals surface area contributed by atoms with Gasteiger partial charge in [-0.15, -0.1) is 0 Å². The third-order valence-electron chi connectivity index (χ3n) is 11.5. The number of carbonyl (C=O) groups excluding carboxylic acids is 2. The van der Waals surface area contributed by atoms with Crippen LogP contribution in [0.3, 0.4) is 0 Å². The van der Waals surface area contributed by atoms with Gasteiger partial charge in [-0.3, -0.25) is 23.2 Å². The minimum absolute atomic E-state index is 0.0484. The van der Waals surface area contributed by atoms with E-state index in [0.717, 1.165) is 49.4 Å². The monoisotopic (exact) mass is 1010 g/mol. The smallest absolute Gasteiger partial charge is 0.487 e. The first-order valence-electron chi connectivity index (χ1n) is 21.3. The molecule has 7 N–H and O–H groups in total. The highest BCUT2D eigenvalue weighted by Gasteiger charge is 2.42. The standard InChI is InChI=1S/C44H54N7O15P3/c1-44(2)34-22-28(48(3)4)16-18-32(34)40(33-19-17-29(49(5)6)23-35(33)44)30-13-8-9-14-31(30)42(54)50(7)21-11-15-38(53)46-20-10-12-27-25-51(43(55)47-41(27)45)39-24-36(52)37(64-39)26-63-68(59,60)66-69(61,62)65-67(56,57)58/h8-9,13-14,16-19,22-23,25,36-37,39,52H,11,15,20-21,24,26H2,1-7H3,(H6-,45,46,47,53,55,56,57,58,59,60,61,62)/t36-,37+,39+/m0/s1. The summed E-state index contributed by atoms with van der Waals surface area (Å²) in [7, 11) is -7.50. The first kappa shape index (κ1) is 53.0. The molecule has 1 aliphatic heterocycles. The number of nitrogens with one attached hydrogen (secondary N) is 1. The van der Waals surface area contributed by atoms with E-state index in [1.807, 2.05) is 52.5 Å². The van der Waals surface area contributed by atoms with E-state index in [0.29, 0.717) is 12.0 Å².